The normalized spacial score (nSPS) is 17.1. The topological polar surface area (TPSA) is 58.6 Å². The van der Waals surface area contributed by atoms with Crippen LogP contribution in [0.1, 0.15) is 33.1 Å². The van der Waals surface area contributed by atoms with Gasteiger partial charge in [0.1, 0.15) is 12.3 Å². The lowest BCUT2D eigenvalue weighted by atomic mass is 10.1. The predicted octanol–water partition coefficient (Wildman–Crippen LogP) is 2.11. The Hall–Kier alpha value is -2.04. The minimum Gasteiger partial charge on any atom is -0.478 e. The molecule has 2 amide bonds. The number of nitrogens with one attached hydrogen (secondary N) is 1. The third-order valence-corrected chi connectivity index (χ3v) is 3.49. The summed E-state index contributed by atoms with van der Waals surface area (Å²) < 4.78 is 5.68. The third-order valence-electron chi connectivity index (χ3n) is 3.49. The van der Waals surface area contributed by atoms with Crippen molar-refractivity contribution in [3.8, 4) is 5.75 Å². The first-order valence-electron chi connectivity index (χ1n) is 7.51. The lowest BCUT2D eigenvalue weighted by Crippen LogP contribution is -2.49. The second-order valence-corrected chi connectivity index (χ2v) is 5.11. The number of carbonyl (C=O) groups is 2. The predicted molar refractivity (Wildman–Crippen MR) is 81.4 cm³/mol. The molecule has 1 atom stereocenters. The molecule has 0 radical (unpaired) electrons. The first kappa shape index (κ1) is 15.4. The Morgan fingerprint density at radius 3 is 2.81 bits per heavy atom. The highest BCUT2D eigenvalue weighted by molar-refractivity contribution is 6.03. The summed E-state index contributed by atoms with van der Waals surface area (Å²) >= 11 is 0. The van der Waals surface area contributed by atoms with E-state index in [1.165, 1.54) is 4.90 Å². The molecule has 1 unspecified atom stereocenters. The highest BCUT2D eigenvalue weighted by Gasteiger charge is 2.33. The fourth-order valence-corrected chi connectivity index (χ4v) is 2.30. The summed E-state index contributed by atoms with van der Waals surface area (Å²) in [7, 11) is 0. The van der Waals surface area contributed by atoms with Crippen LogP contribution >= 0.6 is 0 Å². The number of para-hydroxylation sites is 2. The van der Waals surface area contributed by atoms with Gasteiger partial charge >= 0.3 is 0 Å². The van der Waals surface area contributed by atoms with Crippen LogP contribution in [0.5, 0.6) is 5.75 Å². The molecule has 1 N–H and O–H groups in total. The molecule has 1 aliphatic heterocycles. The average Bonchev–Trinajstić information content (AvgIpc) is 2.50. The zero-order chi connectivity index (χ0) is 15.2. The van der Waals surface area contributed by atoms with Gasteiger partial charge < -0.3 is 10.1 Å². The molecule has 1 aromatic rings. The van der Waals surface area contributed by atoms with Crippen LogP contribution in [0.15, 0.2) is 24.3 Å². The molecule has 0 fully saturated rings. The fourth-order valence-electron chi connectivity index (χ4n) is 2.30. The minimum atomic E-state index is -0.511. The molecular weight excluding hydrogens is 268 g/mol. The summed E-state index contributed by atoms with van der Waals surface area (Å²) in [6.07, 6.45) is 2.04. The molecule has 0 saturated heterocycles. The Morgan fingerprint density at radius 2 is 2.10 bits per heavy atom. The SMILES string of the molecule is CCCCNC(=O)CN1C(=O)C(CC)Oc2ccccc21. The van der Waals surface area contributed by atoms with Crippen molar-refractivity contribution in [3.05, 3.63) is 24.3 Å². The smallest absolute Gasteiger partial charge is 0.268 e. The van der Waals surface area contributed by atoms with E-state index in [0.29, 0.717) is 24.4 Å². The fraction of sp³-hybridized carbons (Fsp3) is 0.500. The Bertz CT molecular complexity index is 516. The largest absolute Gasteiger partial charge is 0.478 e. The maximum atomic E-state index is 12.4. The van der Waals surface area contributed by atoms with Gasteiger partial charge in [0.25, 0.3) is 5.91 Å². The molecule has 5 heteroatoms. The van der Waals surface area contributed by atoms with Crippen molar-refractivity contribution in [2.24, 2.45) is 0 Å². The molecule has 21 heavy (non-hydrogen) atoms. The molecule has 0 saturated carbocycles. The Kier molecular flexibility index (Phi) is 5.20. The van der Waals surface area contributed by atoms with Crippen molar-refractivity contribution in [1.82, 2.24) is 5.32 Å². The van der Waals surface area contributed by atoms with E-state index in [1.807, 2.05) is 25.1 Å². The van der Waals surface area contributed by atoms with Crippen molar-refractivity contribution >= 4 is 17.5 Å². The van der Waals surface area contributed by atoms with Gasteiger partial charge in [-0.3, -0.25) is 14.5 Å². The Labute approximate surface area is 125 Å². The molecule has 0 bridgehead atoms. The van der Waals surface area contributed by atoms with Gasteiger partial charge in [0.15, 0.2) is 6.10 Å². The summed E-state index contributed by atoms with van der Waals surface area (Å²) in [4.78, 5) is 25.9. The van der Waals surface area contributed by atoms with E-state index >= 15 is 0 Å². The number of benzene rings is 1. The zero-order valence-electron chi connectivity index (χ0n) is 12.6. The summed E-state index contributed by atoms with van der Waals surface area (Å²) in [6.45, 7) is 4.65. The summed E-state index contributed by atoms with van der Waals surface area (Å²) in [5, 5.41) is 2.84. The van der Waals surface area contributed by atoms with Gasteiger partial charge in [0.2, 0.25) is 5.91 Å². The number of unbranched alkanes of at least 4 members (excludes halogenated alkanes) is 1. The van der Waals surface area contributed by atoms with Gasteiger partial charge in [0, 0.05) is 6.54 Å². The van der Waals surface area contributed by atoms with E-state index in [-0.39, 0.29) is 18.4 Å². The van der Waals surface area contributed by atoms with Crippen LogP contribution in [0.2, 0.25) is 0 Å². The monoisotopic (exact) mass is 290 g/mol. The number of amides is 2. The number of carbonyl (C=O) groups excluding carboxylic acids is 2. The average molecular weight is 290 g/mol. The van der Waals surface area contributed by atoms with Crippen molar-refractivity contribution < 1.29 is 14.3 Å². The number of hydrogen-bond donors (Lipinski definition) is 1. The van der Waals surface area contributed by atoms with E-state index in [2.05, 4.69) is 12.2 Å². The van der Waals surface area contributed by atoms with Crippen LogP contribution in [-0.4, -0.2) is 31.0 Å². The Balaban J connectivity index is 2.12. The second-order valence-electron chi connectivity index (χ2n) is 5.11. The lowest BCUT2D eigenvalue weighted by Gasteiger charge is -2.33. The number of fused-ring (bicyclic) bond motifs is 1. The van der Waals surface area contributed by atoms with E-state index in [0.717, 1.165) is 12.8 Å². The van der Waals surface area contributed by atoms with Crippen molar-refractivity contribution in [1.29, 1.82) is 0 Å². The molecule has 1 aliphatic rings. The standard InChI is InChI=1S/C16H22N2O3/c1-3-5-10-17-15(19)11-18-12-8-6-7-9-14(12)21-13(4-2)16(18)20/h6-9,13H,3-5,10-11H2,1-2H3,(H,17,19). The third kappa shape index (κ3) is 3.54. The zero-order valence-corrected chi connectivity index (χ0v) is 12.6. The molecule has 114 valence electrons. The van der Waals surface area contributed by atoms with Gasteiger partial charge in [0.05, 0.1) is 5.69 Å². The van der Waals surface area contributed by atoms with Gasteiger partial charge in [-0.05, 0) is 25.0 Å². The van der Waals surface area contributed by atoms with Crippen LogP contribution in [0.25, 0.3) is 0 Å². The van der Waals surface area contributed by atoms with Gasteiger partial charge in [-0.1, -0.05) is 32.4 Å². The molecule has 0 spiro atoms. The molecule has 2 rings (SSSR count). The molecular formula is C16H22N2O3. The number of ether oxygens (including phenoxy) is 1. The summed E-state index contributed by atoms with van der Waals surface area (Å²) in [5.74, 6) is 0.371. The number of hydrogen-bond acceptors (Lipinski definition) is 3. The van der Waals surface area contributed by atoms with Crippen LogP contribution in [0.4, 0.5) is 5.69 Å². The highest BCUT2D eigenvalue weighted by Crippen LogP contribution is 2.34. The van der Waals surface area contributed by atoms with Crippen molar-refractivity contribution in [2.75, 3.05) is 18.0 Å². The van der Waals surface area contributed by atoms with E-state index in [9.17, 15) is 9.59 Å². The van der Waals surface area contributed by atoms with E-state index < -0.39 is 6.10 Å². The lowest BCUT2D eigenvalue weighted by molar-refractivity contribution is -0.129. The maximum Gasteiger partial charge on any atom is 0.268 e. The second kappa shape index (κ2) is 7.11. The van der Waals surface area contributed by atoms with Gasteiger partial charge in [-0.25, -0.2) is 0 Å². The molecule has 0 aromatic heterocycles. The maximum absolute atomic E-state index is 12.4. The van der Waals surface area contributed by atoms with Gasteiger partial charge in [-0.15, -0.1) is 0 Å². The first-order valence-corrected chi connectivity index (χ1v) is 7.51. The summed E-state index contributed by atoms with van der Waals surface area (Å²) in [5.41, 5.74) is 0.665. The van der Waals surface area contributed by atoms with E-state index in [4.69, 9.17) is 4.74 Å². The van der Waals surface area contributed by atoms with Crippen molar-refractivity contribution in [3.63, 3.8) is 0 Å². The van der Waals surface area contributed by atoms with Gasteiger partial charge in [-0.2, -0.15) is 0 Å². The quantitative estimate of drug-likeness (QED) is 0.816. The Morgan fingerprint density at radius 1 is 1.33 bits per heavy atom. The number of anilines is 1. The number of rotatable bonds is 6. The van der Waals surface area contributed by atoms with Crippen LogP contribution in [0, 0.1) is 0 Å². The van der Waals surface area contributed by atoms with Crippen LogP contribution < -0.4 is 15.0 Å². The molecule has 0 aliphatic carbocycles. The van der Waals surface area contributed by atoms with Crippen LogP contribution in [0.3, 0.4) is 0 Å². The van der Waals surface area contributed by atoms with Crippen LogP contribution in [-0.2, 0) is 9.59 Å². The number of nitrogens with zero attached hydrogens (tertiary/aromatic N) is 1. The molecule has 1 aromatic carbocycles. The molecule has 1 heterocycles. The minimum absolute atomic E-state index is 0.0411. The highest BCUT2D eigenvalue weighted by atomic mass is 16.5. The van der Waals surface area contributed by atoms with Crippen molar-refractivity contribution in [2.45, 2.75) is 39.2 Å². The molecule has 5 nitrogen and oxygen atoms in total. The summed E-state index contributed by atoms with van der Waals surface area (Å²) in [6, 6.07) is 7.33. The first-order chi connectivity index (χ1) is 10.2. The van der Waals surface area contributed by atoms with E-state index in [1.54, 1.807) is 6.07 Å².